The molecule has 0 radical (unpaired) electrons. The number of amides is 1. The molecule has 1 aliphatic heterocycles. The first kappa shape index (κ1) is 18.3. The third kappa shape index (κ3) is 4.58. The van der Waals surface area contributed by atoms with E-state index < -0.39 is 10.0 Å². The number of carbonyl (C=O) groups is 1. The van der Waals surface area contributed by atoms with Gasteiger partial charge in [0.2, 0.25) is 10.0 Å². The number of rotatable bonds is 5. The van der Waals surface area contributed by atoms with E-state index in [2.05, 4.69) is 10.3 Å². The molecule has 1 aromatic rings. The minimum absolute atomic E-state index is 0.169. The van der Waals surface area contributed by atoms with Gasteiger partial charge in [-0.15, -0.1) is 0 Å². The van der Waals surface area contributed by atoms with Crippen molar-refractivity contribution in [1.29, 1.82) is 0 Å². The smallest absolute Gasteiger partial charge is 0.269 e. The molecule has 25 heavy (non-hydrogen) atoms. The number of aromatic nitrogens is 1. The number of nitrogens with zero attached hydrogens (tertiary/aromatic N) is 2. The second-order valence-electron chi connectivity index (χ2n) is 7.07. The van der Waals surface area contributed by atoms with Gasteiger partial charge < -0.3 is 5.32 Å². The first-order valence-electron chi connectivity index (χ1n) is 9.25. The molecule has 0 unspecified atom stereocenters. The number of hydrogen-bond acceptors (Lipinski definition) is 4. The van der Waals surface area contributed by atoms with Crippen LogP contribution in [0.4, 0.5) is 0 Å². The molecule has 1 saturated carbocycles. The van der Waals surface area contributed by atoms with Crippen LogP contribution in [-0.4, -0.2) is 48.5 Å². The van der Waals surface area contributed by atoms with Crippen LogP contribution in [0.3, 0.4) is 0 Å². The SMILES string of the molecule is O=C(NCC1CCN(S(=O)(=O)C2CCCCC2)CC1)c1ccccn1. The maximum atomic E-state index is 12.7. The van der Waals surface area contributed by atoms with Crippen molar-refractivity contribution < 1.29 is 13.2 Å². The van der Waals surface area contributed by atoms with E-state index in [0.717, 1.165) is 44.9 Å². The summed E-state index contributed by atoms with van der Waals surface area (Å²) in [6, 6.07) is 5.25. The molecule has 138 valence electrons. The van der Waals surface area contributed by atoms with Crippen LogP contribution in [0.15, 0.2) is 24.4 Å². The predicted octanol–water partition coefficient (Wildman–Crippen LogP) is 2.19. The van der Waals surface area contributed by atoms with Crippen molar-refractivity contribution in [2.24, 2.45) is 5.92 Å². The normalized spacial score (nSPS) is 21.1. The Kier molecular flexibility index (Phi) is 6.06. The Bertz CT molecular complexity index is 664. The van der Waals surface area contributed by atoms with Gasteiger partial charge in [-0.05, 0) is 43.7 Å². The first-order valence-corrected chi connectivity index (χ1v) is 10.8. The Hall–Kier alpha value is -1.47. The topological polar surface area (TPSA) is 79.4 Å². The molecule has 1 saturated heterocycles. The highest BCUT2D eigenvalue weighted by molar-refractivity contribution is 7.89. The number of piperidine rings is 1. The third-order valence-corrected chi connectivity index (χ3v) is 7.75. The molecule has 2 fully saturated rings. The zero-order valence-electron chi connectivity index (χ0n) is 14.6. The van der Waals surface area contributed by atoms with Crippen LogP contribution < -0.4 is 5.32 Å². The standard InChI is InChI=1S/C18H27N3O3S/c22-18(17-8-4-5-11-19-17)20-14-15-9-12-21(13-10-15)25(23,24)16-6-2-1-3-7-16/h4-5,8,11,15-16H,1-3,6-7,9-10,12-14H2,(H,20,22). The van der Waals surface area contributed by atoms with Crippen molar-refractivity contribution in [1.82, 2.24) is 14.6 Å². The van der Waals surface area contributed by atoms with Crippen molar-refractivity contribution in [3.05, 3.63) is 30.1 Å². The summed E-state index contributed by atoms with van der Waals surface area (Å²) < 4.78 is 27.2. The largest absolute Gasteiger partial charge is 0.350 e. The Labute approximate surface area is 150 Å². The lowest BCUT2D eigenvalue weighted by atomic mass is 9.98. The number of hydrogen-bond donors (Lipinski definition) is 1. The Morgan fingerprint density at radius 1 is 1.12 bits per heavy atom. The predicted molar refractivity (Wildman–Crippen MR) is 96.7 cm³/mol. The molecule has 1 amide bonds. The summed E-state index contributed by atoms with van der Waals surface area (Å²) >= 11 is 0. The highest BCUT2D eigenvalue weighted by Crippen LogP contribution is 2.28. The van der Waals surface area contributed by atoms with Crippen molar-refractivity contribution in [3.63, 3.8) is 0 Å². The summed E-state index contributed by atoms with van der Waals surface area (Å²) in [6.45, 7) is 1.72. The fraction of sp³-hybridized carbons (Fsp3) is 0.667. The van der Waals surface area contributed by atoms with Crippen LogP contribution >= 0.6 is 0 Å². The lowest BCUT2D eigenvalue weighted by Gasteiger charge is -2.34. The van der Waals surface area contributed by atoms with Gasteiger partial charge >= 0.3 is 0 Å². The molecule has 3 rings (SSSR count). The molecule has 7 heteroatoms. The molecule has 1 N–H and O–H groups in total. The molecular weight excluding hydrogens is 338 g/mol. The van der Waals surface area contributed by atoms with E-state index >= 15 is 0 Å². The molecule has 1 aromatic heterocycles. The van der Waals surface area contributed by atoms with E-state index in [0.29, 0.717) is 31.2 Å². The fourth-order valence-electron chi connectivity index (χ4n) is 3.77. The summed E-state index contributed by atoms with van der Waals surface area (Å²) in [4.78, 5) is 16.1. The second-order valence-corrected chi connectivity index (χ2v) is 9.29. The number of nitrogens with one attached hydrogen (secondary N) is 1. The van der Waals surface area contributed by atoms with Gasteiger partial charge in [-0.1, -0.05) is 25.3 Å². The molecule has 1 aliphatic carbocycles. The first-order chi connectivity index (χ1) is 12.1. The molecule has 6 nitrogen and oxygen atoms in total. The number of pyridine rings is 1. The summed E-state index contributed by atoms with van der Waals surface area (Å²) in [7, 11) is -3.15. The van der Waals surface area contributed by atoms with Crippen LogP contribution in [0.1, 0.15) is 55.4 Å². The van der Waals surface area contributed by atoms with Crippen LogP contribution in [0.25, 0.3) is 0 Å². The molecule has 0 atom stereocenters. The second kappa shape index (κ2) is 8.27. The summed E-state index contributed by atoms with van der Waals surface area (Å²) in [6.07, 6.45) is 8.03. The quantitative estimate of drug-likeness (QED) is 0.867. The fourth-order valence-corrected chi connectivity index (χ4v) is 5.84. The lowest BCUT2D eigenvalue weighted by molar-refractivity contribution is 0.0936. The van der Waals surface area contributed by atoms with Crippen molar-refractivity contribution in [2.45, 2.75) is 50.2 Å². The van der Waals surface area contributed by atoms with Crippen molar-refractivity contribution in [2.75, 3.05) is 19.6 Å². The van der Waals surface area contributed by atoms with Crippen molar-refractivity contribution in [3.8, 4) is 0 Å². The Morgan fingerprint density at radius 3 is 2.48 bits per heavy atom. The van der Waals surface area contributed by atoms with Gasteiger partial charge in [-0.3, -0.25) is 9.78 Å². The van der Waals surface area contributed by atoms with E-state index in [4.69, 9.17) is 0 Å². The van der Waals surface area contributed by atoms with E-state index in [1.54, 1.807) is 28.7 Å². The number of sulfonamides is 1. The van der Waals surface area contributed by atoms with E-state index in [1.165, 1.54) is 0 Å². The van der Waals surface area contributed by atoms with Crippen molar-refractivity contribution >= 4 is 15.9 Å². The van der Waals surface area contributed by atoms with Gasteiger partial charge in [-0.25, -0.2) is 12.7 Å². The van der Waals surface area contributed by atoms with Gasteiger partial charge in [0.25, 0.3) is 5.91 Å². The molecule has 0 bridgehead atoms. The lowest BCUT2D eigenvalue weighted by Crippen LogP contribution is -2.45. The zero-order valence-corrected chi connectivity index (χ0v) is 15.4. The van der Waals surface area contributed by atoms with Gasteiger partial charge in [0.1, 0.15) is 5.69 Å². The monoisotopic (exact) mass is 365 g/mol. The van der Waals surface area contributed by atoms with Gasteiger partial charge in [0, 0.05) is 25.8 Å². The Morgan fingerprint density at radius 2 is 1.84 bits per heavy atom. The van der Waals surface area contributed by atoms with Crippen LogP contribution in [-0.2, 0) is 10.0 Å². The average Bonchev–Trinajstić information content (AvgIpc) is 2.68. The molecule has 0 aromatic carbocycles. The summed E-state index contributed by atoms with van der Waals surface area (Å²) in [5.74, 6) is 0.156. The van der Waals surface area contributed by atoms with Crippen LogP contribution in [0.5, 0.6) is 0 Å². The molecule has 0 spiro atoms. The summed E-state index contributed by atoms with van der Waals surface area (Å²) in [5, 5.41) is 2.74. The minimum atomic E-state index is -3.15. The average molecular weight is 365 g/mol. The van der Waals surface area contributed by atoms with Gasteiger partial charge in [0.15, 0.2) is 0 Å². The number of carbonyl (C=O) groups excluding carboxylic acids is 1. The van der Waals surface area contributed by atoms with Gasteiger partial charge in [0.05, 0.1) is 5.25 Å². The third-order valence-electron chi connectivity index (χ3n) is 5.36. The van der Waals surface area contributed by atoms with E-state index in [-0.39, 0.29) is 11.2 Å². The van der Waals surface area contributed by atoms with E-state index in [9.17, 15) is 13.2 Å². The van der Waals surface area contributed by atoms with Crippen LogP contribution in [0, 0.1) is 5.92 Å². The Balaban J connectivity index is 1.46. The summed E-state index contributed by atoms with van der Waals surface area (Å²) in [5.41, 5.74) is 0.416. The molecule has 2 heterocycles. The zero-order chi connectivity index (χ0) is 17.7. The highest BCUT2D eigenvalue weighted by Gasteiger charge is 2.35. The molecular formula is C18H27N3O3S. The van der Waals surface area contributed by atoms with Crippen LogP contribution in [0.2, 0.25) is 0 Å². The van der Waals surface area contributed by atoms with Gasteiger partial charge in [-0.2, -0.15) is 0 Å². The van der Waals surface area contributed by atoms with E-state index in [1.807, 2.05) is 0 Å². The maximum Gasteiger partial charge on any atom is 0.269 e. The highest BCUT2D eigenvalue weighted by atomic mass is 32.2. The maximum absolute atomic E-state index is 12.7. The minimum Gasteiger partial charge on any atom is -0.350 e. The molecule has 2 aliphatic rings.